The monoisotopic (exact) mass is 239 g/mol. The van der Waals surface area contributed by atoms with Crippen LogP contribution in [0.15, 0.2) is 12.3 Å². The van der Waals surface area contributed by atoms with Crippen molar-refractivity contribution < 1.29 is 0 Å². The Labute approximate surface area is 98.8 Å². The number of halogens is 1. The topological polar surface area (TPSA) is 61.7 Å². The van der Waals surface area contributed by atoms with E-state index in [1.165, 1.54) is 0 Å². The molecule has 2 heterocycles. The van der Waals surface area contributed by atoms with E-state index in [-0.39, 0.29) is 0 Å². The number of hydrogen-bond acceptors (Lipinski definition) is 3. The molecule has 2 aromatic rings. The maximum absolute atomic E-state index is 6.06. The number of aromatic nitrogens is 4. The first-order chi connectivity index (χ1) is 7.58. The number of nitrogens with zero attached hydrogens (tertiary/aromatic N) is 4. The van der Waals surface area contributed by atoms with Crippen LogP contribution in [-0.4, -0.2) is 19.6 Å². The molecule has 0 spiro atoms. The molecule has 0 radical (unpaired) electrons. The van der Waals surface area contributed by atoms with Crippen molar-refractivity contribution >= 4 is 17.4 Å². The molecule has 5 nitrogen and oxygen atoms in total. The van der Waals surface area contributed by atoms with Crippen LogP contribution in [0.25, 0.3) is 0 Å². The maximum Gasteiger partial charge on any atom is 0.145 e. The van der Waals surface area contributed by atoms with Gasteiger partial charge in [-0.3, -0.25) is 9.36 Å². The zero-order chi connectivity index (χ0) is 11.7. The van der Waals surface area contributed by atoms with Crippen molar-refractivity contribution in [3.05, 3.63) is 28.7 Å². The van der Waals surface area contributed by atoms with Crippen molar-refractivity contribution in [1.29, 1.82) is 0 Å². The summed E-state index contributed by atoms with van der Waals surface area (Å²) >= 11 is 6.06. The number of anilines is 1. The highest BCUT2D eigenvalue weighted by atomic mass is 35.5. The van der Waals surface area contributed by atoms with E-state index in [1.54, 1.807) is 10.7 Å². The molecule has 2 aromatic heterocycles. The second-order valence-electron chi connectivity index (χ2n) is 3.71. The quantitative estimate of drug-likeness (QED) is 0.886. The zero-order valence-corrected chi connectivity index (χ0v) is 10.1. The van der Waals surface area contributed by atoms with Gasteiger partial charge in [0.15, 0.2) is 0 Å². The molecular formula is C10H14ClN5. The number of nitrogen functional groups attached to an aromatic ring is 1. The molecule has 0 saturated heterocycles. The third-order valence-electron chi connectivity index (χ3n) is 2.50. The highest BCUT2D eigenvalue weighted by molar-refractivity contribution is 6.31. The van der Waals surface area contributed by atoms with Gasteiger partial charge in [0, 0.05) is 6.20 Å². The van der Waals surface area contributed by atoms with Gasteiger partial charge in [0.05, 0.1) is 29.5 Å². The van der Waals surface area contributed by atoms with Crippen LogP contribution in [0.3, 0.4) is 0 Å². The standard InChI is InChI=1S/C10H14ClN5/c1-7-10(11)8(2)16(13-7)6-5-15-4-3-9(12)14-15/h3-4H,5-6H2,1-2H3,(H2,12,14). The molecule has 0 unspecified atom stereocenters. The van der Waals surface area contributed by atoms with Crippen LogP contribution < -0.4 is 5.73 Å². The van der Waals surface area contributed by atoms with Crippen molar-refractivity contribution in [1.82, 2.24) is 19.6 Å². The first-order valence-electron chi connectivity index (χ1n) is 5.06. The van der Waals surface area contributed by atoms with Crippen molar-refractivity contribution in [3.63, 3.8) is 0 Å². The summed E-state index contributed by atoms with van der Waals surface area (Å²) in [6.07, 6.45) is 1.85. The van der Waals surface area contributed by atoms with Crippen LogP contribution in [0.1, 0.15) is 11.4 Å². The Morgan fingerprint density at radius 2 is 2.06 bits per heavy atom. The Morgan fingerprint density at radius 3 is 2.56 bits per heavy atom. The van der Waals surface area contributed by atoms with Gasteiger partial charge >= 0.3 is 0 Å². The molecule has 0 saturated carbocycles. The molecule has 0 bridgehead atoms. The van der Waals surface area contributed by atoms with Crippen molar-refractivity contribution in [3.8, 4) is 0 Å². The smallest absolute Gasteiger partial charge is 0.145 e. The molecular weight excluding hydrogens is 226 g/mol. The van der Waals surface area contributed by atoms with Crippen LogP contribution in [0.5, 0.6) is 0 Å². The minimum absolute atomic E-state index is 0.534. The summed E-state index contributed by atoms with van der Waals surface area (Å²) in [5.41, 5.74) is 7.38. The molecule has 0 amide bonds. The second-order valence-corrected chi connectivity index (χ2v) is 4.09. The molecule has 0 aromatic carbocycles. The lowest BCUT2D eigenvalue weighted by atomic mass is 10.4. The van der Waals surface area contributed by atoms with E-state index in [0.717, 1.165) is 29.5 Å². The highest BCUT2D eigenvalue weighted by Gasteiger charge is 2.08. The number of aryl methyl sites for hydroxylation is 3. The van der Waals surface area contributed by atoms with Crippen LogP contribution in [0.2, 0.25) is 5.02 Å². The normalized spacial score (nSPS) is 10.9. The van der Waals surface area contributed by atoms with Gasteiger partial charge in [0.25, 0.3) is 0 Å². The SMILES string of the molecule is Cc1nn(CCn2ccc(N)n2)c(C)c1Cl. The number of hydrogen-bond donors (Lipinski definition) is 1. The second kappa shape index (κ2) is 4.17. The van der Waals surface area contributed by atoms with Crippen LogP contribution in [-0.2, 0) is 13.1 Å². The predicted octanol–water partition coefficient (Wildman–Crippen LogP) is 1.63. The molecule has 16 heavy (non-hydrogen) atoms. The summed E-state index contributed by atoms with van der Waals surface area (Å²) < 4.78 is 3.68. The Morgan fingerprint density at radius 1 is 1.31 bits per heavy atom. The fourth-order valence-corrected chi connectivity index (χ4v) is 1.73. The van der Waals surface area contributed by atoms with Crippen molar-refractivity contribution in [2.45, 2.75) is 26.9 Å². The number of rotatable bonds is 3. The molecule has 2 N–H and O–H groups in total. The van der Waals surface area contributed by atoms with Gasteiger partial charge in [0.2, 0.25) is 0 Å². The lowest BCUT2D eigenvalue weighted by Crippen LogP contribution is -2.10. The predicted molar refractivity (Wildman–Crippen MR) is 63.4 cm³/mol. The van der Waals surface area contributed by atoms with E-state index < -0.39 is 0 Å². The van der Waals surface area contributed by atoms with Gasteiger partial charge in [-0.25, -0.2) is 0 Å². The van der Waals surface area contributed by atoms with Crippen LogP contribution in [0.4, 0.5) is 5.82 Å². The third-order valence-corrected chi connectivity index (χ3v) is 3.04. The lowest BCUT2D eigenvalue weighted by molar-refractivity contribution is 0.492. The van der Waals surface area contributed by atoms with Gasteiger partial charge in [0.1, 0.15) is 5.82 Å². The van der Waals surface area contributed by atoms with E-state index in [2.05, 4.69) is 10.2 Å². The lowest BCUT2D eigenvalue weighted by Gasteiger charge is -2.04. The summed E-state index contributed by atoms with van der Waals surface area (Å²) in [6, 6.07) is 1.77. The summed E-state index contributed by atoms with van der Waals surface area (Å²) in [5.74, 6) is 0.534. The fraction of sp³-hybridized carbons (Fsp3) is 0.400. The summed E-state index contributed by atoms with van der Waals surface area (Å²) in [4.78, 5) is 0. The van der Waals surface area contributed by atoms with Crippen LogP contribution in [0, 0.1) is 13.8 Å². The van der Waals surface area contributed by atoms with Crippen molar-refractivity contribution in [2.75, 3.05) is 5.73 Å². The Balaban J connectivity index is 2.07. The average molecular weight is 240 g/mol. The molecule has 0 aliphatic heterocycles. The molecule has 2 rings (SSSR count). The Hall–Kier alpha value is -1.49. The average Bonchev–Trinajstić information content (AvgIpc) is 2.76. The van der Waals surface area contributed by atoms with E-state index >= 15 is 0 Å². The van der Waals surface area contributed by atoms with Gasteiger partial charge in [-0.2, -0.15) is 10.2 Å². The minimum atomic E-state index is 0.534. The third kappa shape index (κ3) is 2.04. The minimum Gasteiger partial charge on any atom is -0.382 e. The van der Waals surface area contributed by atoms with Crippen molar-refractivity contribution in [2.24, 2.45) is 0 Å². The van der Waals surface area contributed by atoms with Gasteiger partial charge < -0.3 is 5.73 Å². The first kappa shape index (κ1) is 11.0. The van der Waals surface area contributed by atoms with Gasteiger partial charge in [-0.15, -0.1) is 0 Å². The fourth-order valence-electron chi connectivity index (χ4n) is 1.59. The highest BCUT2D eigenvalue weighted by Crippen LogP contribution is 2.18. The largest absolute Gasteiger partial charge is 0.382 e. The molecule has 0 aliphatic rings. The molecule has 86 valence electrons. The van der Waals surface area contributed by atoms with E-state index in [4.69, 9.17) is 17.3 Å². The van der Waals surface area contributed by atoms with E-state index in [0.29, 0.717) is 5.82 Å². The van der Waals surface area contributed by atoms with Gasteiger partial charge in [-0.1, -0.05) is 11.6 Å². The van der Waals surface area contributed by atoms with Gasteiger partial charge in [-0.05, 0) is 19.9 Å². The summed E-state index contributed by atoms with van der Waals surface area (Å²) in [6.45, 7) is 5.33. The number of nitrogens with two attached hydrogens (primary N) is 1. The molecule has 0 atom stereocenters. The van der Waals surface area contributed by atoms with E-state index in [9.17, 15) is 0 Å². The van der Waals surface area contributed by atoms with Crippen LogP contribution >= 0.6 is 11.6 Å². The zero-order valence-electron chi connectivity index (χ0n) is 9.31. The molecule has 0 fully saturated rings. The molecule has 6 heteroatoms. The molecule has 0 aliphatic carbocycles. The first-order valence-corrected chi connectivity index (χ1v) is 5.44. The van der Waals surface area contributed by atoms with E-state index in [1.807, 2.05) is 24.7 Å². The maximum atomic E-state index is 6.06. The summed E-state index contributed by atoms with van der Waals surface area (Å²) in [5, 5.41) is 9.19. The summed E-state index contributed by atoms with van der Waals surface area (Å²) in [7, 11) is 0. The Bertz CT molecular complexity index is 499. The Kier molecular flexibility index (Phi) is 2.87.